The smallest absolute Gasteiger partial charge is 0.150 e. The number of sulfone groups is 1. The van der Waals surface area contributed by atoms with Gasteiger partial charge in [0.1, 0.15) is 9.84 Å². The Labute approximate surface area is 127 Å². The maximum Gasteiger partial charge on any atom is 0.150 e. The van der Waals surface area contributed by atoms with Crippen LogP contribution < -0.4 is 11.3 Å². The minimum atomic E-state index is -2.98. The molecule has 0 spiro atoms. The molecule has 1 aromatic rings. The number of aromatic nitrogens is 2. The van der Waals surface area contributed by atoms with Crippen LogP contribution >= 0.6 is 0 Å². The van der Waals surface area contributed by atoms with Crippen molar-refractivity contribution in [3.63, 3.8) is 0 Å². The van der Waals surface area contributed by atoms with E-state index in [4.69, 9.17) is 5.84 Å². The maximum atomic E-state index is 11.8. The topological polar surface area (TPSA) is 90.0 Å². The highest BCUT2D eigenvalue weighted by molar-refractivity contribution is 7.91. The number of hydrazine groups is 1. The zero-order valence-electron chi connectivity index (χ0n) is 13.0. The van der Waals surface area contributed by atoms with E-state index in [1.165, 1.54) is 6.26 Å². The van der Waals surface area contributed by atoms with Crippen LogP contribution in [0.2, 0.25) is 0 Å². The molecule has 1 aliphatic carbocycles. The Morgan fingerprint density at radius 2 is 2.24 bits per heavy atom. The normalized spacial score (nSPS) is 25.0. The molecule has 0 bridgehead atoms. The van der Waals surface area contributed by atoms with Crippen molar-refractivity contribution in [2.24, 2.45) is 18.8 Å². The average Bonchev–Trinajstić information content (AvgIpc) is 2.80. The Morgan fingerprint density at radius 3 is 2.81 bits per heavy atom. The Kier molecular flexibility index (Phi) is 5.06. The van der Waals surface area contributed by atoms with Crippen molar-refractivity contribution in [2.45, 2.75) is 50.3 Å². The van der Waals surface area contributed by atoms with Crippen molar-refractivity contribution in [1.82, 2.24) is 15.2 Å². The van der Waals surface area contributed by atoms with Gasteiger partial charge in [-0.1, -0.05) is 13.3 Å². The van der Waals surface area contributed by atoms with Gasteiger partial charge in [0, 0.05) is 25.1 Å². The molecule has 0 radical (unpaired) electrons. The largest absolute Gasteiger partial charge is 0.275 e. The molecule has 3 unspecified atom stereocenters. The second-order valence-corrected chi connectivity index (χ2v) is 8.41. The number of nitrogens with one attached hydrogen (secondary N) is 1. The highest BCUT2D eigenvalue weighted by atomic mass is 32.2. The summed E-state index contributed by atoms with van der Waals surface area (Å²) in [5, 5.41) is 4.22. The summed E-state index contributed by atoms with van der Waals surface area (Å²) in [6, 6.07) is -0.0294. The van der Waals surface area contributed by atoms with Crippen molar-refractivity contribution in [2.75, 3.05) is 6.26 Å². The van der Waals surface area contributed by atoms with Gasteiger partial charge in [-0.15, -0.1) is 0 Å². The summed E-state index contributed by atoms with van der Waals surface area (Å²) in [5.74, 6) is 6.02. The van der Waals surface area contributed by atoms with Crippen LogP contribution in [0.1, 0.15) is 49.9 Å². The Bertz CT molecular complexity index is 582. The number of nitrogens with zero attached hydrogens (tertiary/aromatic N) is 2. The molecule has 0 saturated heterocycles. The number of hydrogen-bond acceptors (Lipinski definition) is 5. The van der Waals surface area contributed by atoms with E-state index in [9.17, 15) is 8.42 Å². The van der Waals surface area contributed by atoms with Gasteiger partial charge in [0.2, 0.25) is 0 Å². The lowest BCUT2D eigenvalue weighted by Crippen LogP contribution is -2.38. The molecular formula is C14H26N4O2S. The van der Waals surface area contributed by atoms with Crippen LogP contribution in [0.4, 0.5) is 0 Å². The molecule has 3 atom stereocenters. The molecule has 1 fully saturated rings. The van der Waals surface area contributed by atoms with E-state index in [1.807, 2.05) is 13.2 Å². The minimum Gasteiger partial charge on any atom is -0.275 e. The van der Waals surface area contributed by atoms with E-state index < -0.39 is 9.84 Å². The van der Waals surface area contributed by atoms with Crippen LogP contribution in [0, 0.1) is 5.92 Å². The fourth-order valence-corrected chi connectivity index (χ4v) is 4.63. The van der Waals surface area contributed by atoms with Crippen molar-refractivity contribution in [1.29, 1.82) is 0 Å². The summed E-state index contributed by atoms with van der Waals surface area (Å²) in [4.78, 5) is 0. The van der Waals surface area contributed by atoms with E-state index in [2.05, 4.69) is 17.4 Å². The molecule has 1 aliphatic rings. The van der Waals surface area contributed by atoms with Crippen LogP contribution in [0.15, 0.2) is 6.20 Å². The van der Waals surface area contributed by atoms with Gasteiger partial charge in [-0.05, 0) is 31.6 Å². The summed E-state index contributed by atoms with van der Waals surface area (Å²) >= 11 is 0. The molecule has 0 aliphatic heterocycles. The van der Waals surface area contributed by atoms with Gasteiger partial charge in [0.15, 0.2) is 0 Å². The molecular weight excluding hydrogens is 288 g/mol. The van der Waals surface area contributed by atoms with Crippen LogP contribution in [-0.4, -0.2) is 29.7 Å². The monoisotopic (exact) mass is 314 g/mol. The highest BCUT2D eigenvalue weighted by Gasteiger charge is 2.34. The van der Waals surface area contributed by atoms with E-state index in [-0.39, 0.29) is 17.2 Å². The van der Waals surface area contributed by atoms with E-state index in [0.29, 0.717) is 6.42 Å². The zero-order chi connectivity index (χ0) is 15.6. The van der Waals surface area contributed by atoms with E-state index in [1.54, 1.807) is 4.68 Å². The third-order valence-electron chi connectivity index (χ3n) is 4.53. The molecule has 1 saturated carbocycles. The summed E-state index contributed by atoms with van der Waals surface area (Å²) in [7, 11) is -1.08. The first-order valence-electron chi connectivity index (χ1n) is 7.54. The molecule has 3 N–H and O–H groups in total. The molecule has 21 heavy (non-hydrogen) atoms. The average molecular weight is 314 g/mol. The van der Waals surface area contributed by atoms with Gasteiger partial charge in [-0.2, -0.15) is 5.10 Å². The van der Waals surface area contributed by atoms with Gasteiger partial charge >= 0.3 is 0 Å². The maximum absolute atomic E-state index is 11.8. The summed E-state index contributed by atoms with van der Waals surface area (Å²) in [5.41, 5.74) is 5.03. The SMILES string of the molecule is CCc1nn(C)cc1C(NN)C1CCCC(S(C)(=O)=O)C1. The molecule has 120 valence electrons. The predicted octanol–water partition coefficient (Wildman–Crippen LogP) is 1.09. The first kappa shape index (κ1) is 16.5. The molecule has 1 heterocycles. The van der Waals surface area contributed by atoms with Crippen molar-refractivity contribution in [3.8, 4) is 0 Å². The summed E-state index contributed by atoms with van der Waals surface area (Å²) in [6.45, 7) is 2.07. The van der Waals surface area contributed by atoms with Crippen LogP contribution in [0.3, 0.4) is 0 Å². The third kappa shape index (κ3) is 3.64. The first-order chi connectivity index (χ1) is 9.86. The minimum absolute atomic E-state index is 0.0294. The first-order valence-corrected chi connectivity index (χ1v) is 9.49. The molecule has 2 rings (SSSR count). The van der Waals surface area contributed by atoms with Gasteiger partial charge in [-0.3, -0.25) is 16.0 Å². The standard InChI is InChI=1S/C14H26N4O2S/c1-4-13-12(9-18(2)17-13)14(16-15)10-6-5-7-11(8-10)21(3,19)20/h9-11,14,16H,4-8,15H2,1-3H3. The number of hydrogen-bond donors (Lipinski definition) is 2. The zero-order valence-corrected chi connectivity index (χ0v) is 13.9. The van der Waals surface area contributed by atoms with Gasteiger partial charge in [0.05, 0.1) is 17.0 Å². The fourth-order valence-electron chi connectivity index (χ4n) is 3.44. The van der Waals surface area contributed by atoms with Gasteiger partial charge in [-0.25, -0.2) is 8.42 Å². The van der Waals surface area contributed by atoms with Crippen LogP contribution in [0.25, 0.3) is 0 Å². The molecule has 7 heteroatoms. The second-order valence-electron chi connectivity index (χ2n) is 6.08. The molecule has 1 aromatic heterocycles. The molecule has 6 nitrogen and oxygen atoms in total. The Hall–Kier alpha value is -0.920. The van der Waals surface area contributed by atoms with E-state index in [0.717, 1.165) is 36.9 Å². The third-order valence-corrected chi connectivity index (χ3v) is 6.17. The number of rotatable bonds is 5. The summed E-state index contributed by atoms with van der Waals surface area (Å²) in [6.07, 6.45) is 7.55. The predicted molar refractivity (Wildman–Crippen MR) is 83.2 cm³/mol. The lowest BCUT2D eigenvalue weighted by atomic mass is 9.81. The number of aryl methyl sites for hydroxylation is 2. The second kappa shape index (κ2) is 6.46. The lowest BCUT2D eigenvalue weighted by molar-refractivity contribution is 0.273. The van der Waals surface area contributed by atoms with Crippen molar-refractivity contribution < 1.29 is 8.42 Å². The lowest BCUT2D eigenvalue weighted by Gasteiger charge is -2.33. The van der Waals surface area contributed by atoms with Crippen LogP contribution in [0.5, 0.6) is 0 Å². The highest BCUT2D eigenvalue weighted by Crippen LogP contribution is 2.37. The van der Waals surface area contributed by atoms with Crippen molar-refractivity contribution in [3.05, 3.63) is 17.5 Å². The van der Waals surface area contributed by atoms with E-state index >= 15 is 0 Å². The van der Waals surface area contributed by atoms with Gasteiger partial charge in [0.25, 0.3) is 0 Å². The van der Waals surface area contributed by atoms with Crippen molar-refractivity contribution >= 4 is 9.84 Å². The Morgan fingerprint density at radius 1 is 1.52 bits per heavy atom. The summed E-state index contributed by atoms with van der Waals surface area (Å²) < 4.78 is 25.5. The van der Waals surface area contributed by atoms with Gasteiger partial charge < -0.3 is 0 Å². The molecule has 0 amide bonds. The van der Waals surface area contributed by atoms with Crippen LogP contribution in [-0.2, 0) is 23.3 Å². The fraction of sp³-hybridized carbons (Fsp3) is 0.786. The number of nitrogens with two attached hydrogens (primary N) is 1. The quantitative estimate of drug-likeness (QED) is 0.627. The Balaban J connectivity index is 2.24. The molecule has 0 aromatic carbocycles.